The summed E-state index contributed by atoms with van der Waals surface area (Å²) in [6, 6.07) is 0. The molecule has 0 spiro atoms. The maximum absolute atomic E-state index is 5.23. The van der Waals surface area contributed by atoms with Gasteiger partial charge < -0.3 is 4.74 Å². The first-order valence-electron chi connectivity index (χ1n) is 2.90. The fourth-order valence-corrected chi connectivity index (χ4v) is 1.30. The number of thioether (sulfide) groups is 1. The molecule has 0 unspecified atom stereocenters. The Balaban J connectivity index is 2.40. The Kier molecular flexibility index (Phi) is 1.83. The monoisotopic (exact) mass is 132 g/mol. The summed E-state index contributed by atoms with van der Waals surface area (Å²) in [7, 11) is 0. The van der Waals surface area contributed by atoms with Crippen molar-refractivity contribution in [2.45, 2.75) is 18.1 Å². The third-order valence-corrected chi connectivity index (χ3v) is 2.98. The zero-order chi connectivity index (χ0) is 6.04. The molecule has 8 heavy (non-hydrogen) atoms. The van der Waals surface area contributed by atoms with Crippen molar-refractivity contribution < 1.29 is 4.74 Å². The van der Waals surface area contributed by atoms with Crippen molar-refractivity contribution >= 4 is 11.8 Å². The van der Waals surface area contributed by atoms with E-state index in [9.17, 15) is 0 Å². The van der Waals surface area contributed by atoms with E-state index >= 15 is 0 Å². The normalized spacial score (nSPS) is 38.2. The first kappa shape index (κ1) is 6.43. The van der Waals surface area contributed by atoms with Gasteiger partial charge in [0.15, 0.2) is 0 Å². The minimum Gasteiger partial charge on any atom is -0.380 e. The molecule has 0 radical (unpaired) electrons. The molecule has 1 saturated heterocycles. The van der Waals surface area contributed by atoms with Gasteiger partial charge in [0.05, 0.1) is 6.61 Å². The van der Waals surface area contributed by atoms with Gasteiger partial charge in [-0.05, 0) is 19.6 Å². The van der Waals surface area contributed by atoms with Crippen molar-refractivity contribution in [1.29, 1.82) is 0 Å². The molecule has 1 aliphatic rings. The van der Waals surface area contributed by atoms with Crippen molar-refractivity contribution in [3.05, 3.63) is 0 Å². The van der Waals surface area contributed by atoms with Gasteiger partial charge in [-0.2, -0.15) is 11.8 Å². The number of rotatable bonds is 1. The number of hydrogen-bond donors (Lipinski definition) is 0. The molecule has 0 N–H and O–H groups in total. The molecule has 1 nitrogen and oxygen atoms in total. The molecule has 0 amide bonds. The molecule has 1 rings (SSSR count). The summed E-state index contributed by atoms with van der Waals surface area (Å²) in [4.78, 5) is 0. The molecule has 0 aliphatic carbocycles. The van der Waals surface area contributed by atoms with Gasteiger partial charge in [-0.3, -0.25) is 0 Å². The molecular formula is C6H12OS. The second-order valence-corrected chi connectivity index (χ2v) is 3.85. The molecule has 0 aromatic heterocycles. The van der Waals surface area contributed by atoms with Crippen molar-refractivity contribution in [1.82, 2.24) is 0 Å². The van der Waals surface area contributed by atoms with Crippen molar-refractivity contribution in [3.8, 4) is 0 Å². The van der Waals surface area contributed by atoms with Crippen LogP contribution < -0.4 is 0 Å². The van der Waals surface area contributed by atoms with Crippen LogP contribution in [0.15, 0.2) is 0 Å². The van der Waals surface area contributed by atoms with E-state index in [0.29, 0.717) is 4.75 Å². The largest absolute Gasteiger partial charge is 0.380 e. The summed E-state index contributed by atoms with van der Waals surface area (Å²) in [5.41, 5.74) is 0. The van der Waals surface area contributed by atoms with E-state index < -0.39 is 0 Å². The maximum atomic E-state index is 5.23. The van der Waals surface area contributed by atoms with E-state index in [4.69, 9.17) is 4.74 Å². The lowest BCUT2D eigenvalue weighted by atomic mass is 10.1. The van der Waals surface area contributed by atoms with Crippen LogP contribution in [-0.2, 0) is 4.74 Å². The molecule has 2 heteroatoms. The average Bonchev–Trinajstić information content (AvgIpc) is 2.17. The molecule has 0 bridgehead atoms. The Morgan fingerprint density at radius 1 is 1.62 bits per heavy atom. The Morgan fingerprint density at radius 2 is 2.38 bits per heavy atom. The highest BCUT2D eigenvalue weighted by molar-refractivity contribution is 8.00. The van der Waals surface area contributed by atoms with Crippen LogP contribution in [0, 0.1) is 0 Å². The minimum atomic E-state index is 0.431. The lowest BCUT2D eigenvalue weighted by Crippen LogP contribution is -2.18. The van der Waals surface area contributed by atoms with Crippen LogP contribution in [0.1, 0.15) is 13.3 Å². The topological polar surface area (TPSA) is 9.23 Å². The Hall–Kier alpha value is 0.310. The predicted molar refractivity (Wildman–Crippen MR) is 37.4 cm³/mol. The molecule has 0 saturated carbocycles. The first-order chi connectivity index (χ1) is 3.77. The lowest BCUT2D eigenvalue weighted by Gasteiger charge is -2.16. The number of hydrogen-bond acceptors (Lipinski definition) is 2. The highest BCUT2D eigenvalue weighted by atomic mass is 32.2. The van der Waals surface area contributed by atoms with Gasteiger partial charge in [0.25, 0.3) is 0 Å². The first-order valence-corrected chi connectivity index (χ1v) is 4.12. The van der Waals surface area contributed by atoms with Crippen LogP contribution in [0.5, 0.6) is 0 Å². The molecule has 1 heterocycles. The van der Waals surface area contributed by atoms with Crippen LogP contribution in [0.2, 0.25) is 0 Å². The molecule has 48 valence electrons. The molecule has 1 fully saturated rings. The maximum Gasteiger partial charge on any atom is 0.0611 e. The van der Waals surface area contributed by atoms with Crippen molar-refractivity contribution in [2.24, 2.45) is 0 Å². The summed E-state index contributed by atoms with van der Waals surface area (Å²) >= 11 is 1.91. The quantitative estimate of drug-likeness (QED) is 0.535. The highest BCUT2D eigenvalue weighted by Crippen LogP contribution is 2.30. The second-order valence-electron chi connectivity index (χ2n) is 2.46. The van der Waals surface area contributed by atoms with Gasteiger partial charge in [0.2, 0.25) is 0 Å². The van der Waals surface area contributed by atoms with Crippen LogP contribution in [0.3, 0.4) is 0 Å². The fraction of sp³-hybridized carbons (Fsp3) is 1.00. The molecule has 0 aromatic rings. The van der Waals surface area contributed by atoms with Gasteiger partial charge in [-0.25, -0.2) is 0 Å². The van der Waals surface area contributed by atoms with E-state index in [2.05, 4.69) is 13.2 Å². The van der Waals surface area contributed by atoms with Gasteiger partial charge >= 0.3 is 0 Å². The van der Waals surface area contributed by atoms with E-state index in [1.807, 2.05) is 11.8 Å². The van der Waals surface area contributed by atoms with Crippen molar-refractivity contribution in [2.75, 3.05) is 19.5 Å². The van der Waals surface area contributed by atoms with E-state index in [0.717, 1.165) is 13.2 Å². The predicted octanol–water partition coefficient (Wildman–Crippen LogP) is 1.53. The minimum absolute atomic E-state index is 0.431. The third-order valence-electron chi connectivity index (χ3n) is 1.68. The van der Waals surface area contributed by atoms with Crippen LogP contribution in [0.25, 0.3) is 0 Å². The lowest BCUT2D eigenvalue weighted by molar-refractivity contribution is 0.192. The molecular weight excluding hydrogens is 120 g/mol. The summed E-state index contributed by atoms with van der Waals surface area (Å²) in [6.07, 6.45) is 3.36. The standard InChI is InChI=1S/C6H12OS/c1-6(8-2)3-4-7-5-6/h3-5H2,1-2H3/t6-/m1/s1. The summed E-state index contributed by atoms with van der Waals surface area (Å²) in [5, 5.41) is 0. The van der Waals surface area contributed by atoms with Crippen LogP contribution >= 0.6 is 11.8 Å². The number of ether oxygens (including phenoxy) is 1. The highest BCUT2D eigenvalue weighted by Gasteiger charge is 2.27. The van der Waals surface area contributed by atoms with E-state index in [1.54, 1.807) is 0 Å². The van der Waals surface area contributed by atoms with Gasteiger partial charge in [0, 0.05) is 11.4 Å². The molecule has 0 aromatic carbocycles. The summed E-state index contributed by atoms with van der Waals surface area (Å²) < 4.78 is 5.66. The van der Waals surface area contributed by atoms with Gasteiger partial charge in [-0.1, -0.05) is 0 Å². The second kappa shape index (κ2) is 2.28. The van der Waals surface area contributed by atoms with Gasteiger partial charge in [0.1, 0.15) is 0 Å². The molecule has 1 aliphatic heterocycles. The Bertz CT molecular complexity index is 76.6. The van der Waals surface area contributed by atoms with Crippen LogP contribution in [-0.4, -0.2) is 24.2 Å². The summed E-state index contributed by atoms with van der Waals surface area (Å²) in [5.74, 6) is 0. The zero-order valence-corrected chi connectivity index (χ0v) is 6.25. The van der Waals surface area contributed by atoms with Crippen molar-refractivity contribution in [3.63, 3.8) is 0 Å². The Labute approximate surface area is 54.8 Å². The Morgan fingerprint density at radius 3 is 2.62 bits per heavy atom. The smallest absolute Gasteiger partial charge is 0.0611 e. The zero-order valence-electron chi connectivity index (χ0n) is 5.44. The molecule has 1 atom stereocenters. The van der Waals surface area contributed by atoms with Crippen LogP contribution in [0.4, 0.5) is 0 Å². The van der Waals surface area contributed by atoms with E-state index in [-0.39, 0.29) is 0 Å². The fourth-order valence-electron chi connectivity index (χ4n) is 0.809. The van der Waals surface area contributed by atoms with Gasteiger partial charge in [-0.15, -0.1) is 0 Å². The summed E-state index contributed by atoms with van der Waals surface area (Å²) in [6.45, 7) is 4.15. The average molecular weight is 132 g/mol. The SMILES string of the molecule is CS[C@]1(C)CCOC1. The van der Waals surface area contributed by atoms with E-state index in [1.165, 1.54) is 6.42 Å². The third kappa shape index (κ3) is 1.17.